The van der Waals surface area contributed by atoms with E-state index in [9.17, 15) is 9.18 Å². The van der Waals surface area contributed by atoms with Crippen molar-refractivity contribution in [2.75, 3.05) is 13.2 Å². The SMILES string of the molecule is O=C(Cc1cc(Br)ccc1F)C1CCCOC1. The molecule has 1 heterocycles. The van der Waals surface area contributed by atoms with E-state index in [1.54, 1.807) is 12.1 Å². The van der Waals surface area contributed by atoms with E-state index < -0.39 is 0 Å². The molecule has 0 amide bonds. The minimum Gasteiger partial charge on any atom is -0.381 e. The molecule has 0 spiro atoms. The number of ether oxygens (including phenoxy) is 1. The lowest BCUT2D eigenvalue weighted by atomic mass is 9.93. The van der Waals surface area contributed by atoms with E-state index in [4.69, 9.17) is 4.74 Å². The van der Waals surface area contributed by atoms with E-state index in [2.05, 4.69) is 15.9 Å². The van der Waals surface area contributed by atoms with Crippen molar-refractivity contribution in [1.82, 2.24) is 0 Å². The molecule has 1 aliphatic rings. The fourth-order valence-electron chi connectivity index (χ4n) is 2.01. The molecule has 1 saturated heterocycles. The minimum atomic E-state index is -0.321. The van der Waals surface area contributed by atoms with E-state index in [0.29, 0.717) is 12.2 Å². The molecule has 0 bridgehead atoms. The Bertz CT molecular complexity index is 414. The molecule has 1 unspecified atom stereocenters. The highest BCUT2D eigenvalue weighted by Gasteiger charge is 2.22. The predicted octanol–water partition coefficient (Wildman–Crippen LogP) is 3.13. The Morgan fingerprint density at radius 1 is 1.53 bits per heavy atom. The summed E-state index contributed by atoms with van der Waals surface area (Å²) in [5.41, 5.74) is 0.454. The van der Waals surface area contributed by atoms with Crippen molar-refractivity contribution in [2.45, 2.75) is 19.3 Å². The molecule has 1 fully saturated rings. The van der Waals surface area contributed by atoms with Gasteiger partial charge in [-0.25, -0.2) is 4.39 Å². The molecule has 1 atom stereocenters. The van der Waals surface area contributed by atoms with E-state index in [-0.39, 0.29) is 23.9 Å². The van der Waals surface area contributed by atoms with Gasteiger partial charge in [0.15, 0.2) is 0 Å². The van der Waals surface area contributed by atoms with Crippen LogP contribution in [0.5, 0.6) is 0 Å². The molecule has 4 heteroatoms. The lowest BCUT2D eigenvalue weighted by Crippen LogP contribution is -2.26. The third-order valence-electron chi connectivity index (χ3n) is 2.99. The summed E-state index contributed by atoms with van der Waals surface area (Å²) in [6.07, 6.45) is 1.92. The van der Waals surface area contributed by atoms with Gasteiger partial charge in [-0.1, -0.05) is 15.9 Å². The van der Waals surface area contributed by atoms with Crippen LogP contribution in [-0.4, -0.2) is 19.0 Å². The van der Waals surface area contributed by atoms with Gasteiger partial charge in [-0.2, -0.15) is 0 Å². The first-order valence-electron chi connectivity index (χ1n) is 5.71. The second kappa shape index (κ2) is 5.74. The number of hydrogen-bond acceptors (Lipinski definition) is 2. The molecule has 92 valence electrons. The van der Waals surface area contributed by atoms with Gasteiger partial charge in [0.1, 0.15) is 11.6 Å². The molecule has 0 aromatic heterocycles. The molecule has 2 nitrogen and oxygen atoms in total. The first-order valence-corrected chi connectivity index (χ1v) is 6.50. The van der Waals surface area contributed by atoms with Crippen molar-refractivity contribution in [3.05, 3.63) is 34.1 Å². The van der Waals surface area contributed by atoms with Gasteiger partial charge in [0.25, 0.3) is 0 Å². The number of rotatable bonds is 3. The Morgan fingerprint density at radius 2 is 2.35 bits per heavy atom. The summed E-state index contributed by atoms with van der Waals surface area (Å²) in [4.78, 5) is 12.0. The van der Waals surface area contributed by atoms with Crippen molar-refractivity contribution >= 4 is 21.7 Å². The lowest BCUT2D eigenvalue weighted by Gasteiger charge is -2.20. The first kappa shape index (κ1) is 12.7. The summed E-state index contributed by atoms with van der Waals surface area (Å²) in [7, 11) is 0. The van der Waals surface area contributed by atoms with Gasteiger partial charge in [0.2, 0.25) is 0 Å². The third kappa shape index (κ3) is 3.36. The number of Topliss-reactive ketones (excluding diaryl/α,β-unsaturated/α-hetero) is 1. The van der Waals surface area contributed by atoms with Crippen LogP contribution in [0.15, 0.2) is 22.7 Å². The molecule has 0 radical (unpaired) electrons. The van der Waals surface area contributed by atoms with Crippen LogP contribution in [0.1, 0.15) is 18.4 Å². The zero-order chi connectivity index (χ0) is 12.3. The molecule has 0 aliphatic carbocycles. The van der Waals surface area contributed by atoms with Crippen LogP contribution in [0.3, 0.4) is 0 Å². The summed E-state index contributed by atoms with van der Waals surface area (Å²) in [6, 6.07) is 4.67. The van der Waals surface area contributed by atoms with E-state index in [0.717, 1.165) is 23.9 Å². The van der Waals surface area contributed by atoms with Gasteiger partial charge in [-0.3, -0.25) is 4.79 Å². The van der Waals surface area contributed by atoms with Crippen LogP contribution < -0.4 is 0 Å². The van der Waals surface area contributed by atoms with E-state index >= 15 is 0 Å². The van der Waals surface area contributed by atoms with Gasteiger partial charge < -0.3 is 4.74 Å². The normalized spacial score (nSPS) is 20.2. The van der Waals surface area contributed by atoms with Gasteiger partial charge >= 0.3 is 0 Å². The Morgan fingerprint density at radius 3 is 3.06 bits per heavy atom. The van der Waals surface area contributed by atoms with Crippen molar-refractivity contribution < 1.29 is 13.9 Å². The number of ketones is 1. The number of carbonyl (C=O) groups is 1. The Kier molecular flexibility index (Phi) is 4.29. The molecule has 17 heavy (non-hydrogen) atoms. The highest BCUT2D eigenvalue weighted by Crippen LogP contribution is 2.20. The highest BCUT2D eigenvalue weighted by molar-refractivity contribution is 9.10. The summed E-state index contributed by atoms with van der Waals surface area (Å²) >= 11 is 3.28. The Labute approximate surface area is 108 Å². The summed E-state index contributed by atoms with van der Waals surface area (Å²) in [5.74, 6) is -0.317. The summed E-state index contributed by atoms with van der Waals surface area (Å²) in [5, 5.41) is 0. The van der Waals surface area contributed by atoms with Crippen LogP contribution >= 0.6 is 15.9 Å². The zero-order valence-electron chi connectivity index (χ0n) is 9.42. The number of benzene rings is 1. The van der Waals surface area contributed by atoms with E-state index in [1.807, 2.05) is 0 Å². The topological polar surface area (TPSA) is 26.3 Å². The average molecular weight is 301 g/mol. The predicted molar refractivity (Wildman–Crippen MR) is 66.4 cm³/mol. The first-order chi connectivity index (χ1) is 8.16. The van der Waals surface area contributed by atoms with Gasteiger partial charge in [-0.05, 0) is 36.6 Å². The number of hydrogen-bond donors (Lipinski definition) is 0. The maximum Gasteiger partial charge on any atom is 0.142 e. The number of carbonyl (C=O) groups excluding carboxylic acids is 1. The van der Waals surface area contributed by atoms with E-state index in [1.165, 1.54) is 6.07 Å². The average Bonchev–Trinajstić information content (AvgIpc) is 2.35. The maximum atomic E-state index is 13.5. The highest BCUT2D eigenvalue weighted by atomic mass is 79.9. The molecule has 0 N–H and O–H groups in total. The Balaban J connectivity index is 2.04. The van der Waals surface area contributed by atoms with Crippen molar-refractivity contribution in [3.8, 4) is 0 Å². The van der Waals surface area contributed by atoms with Gasteiger partial charge in [0.05, 0.1) is 6.61 Å². The Hall–Kier alpha value is -0.740. The van der Waals surface area contributed by atoms with Gasteiger partial charge in [-0.15, -0.1) is 0 Å². The lowest BCUT2D eigenvalue weighted by molar-refractivity contribution is -0.126. The van der Waals surface area contributed by atoms with Crippen LogP contribution in [0, 0.1) is 11.7 Å². The molecular weight excluding hydrogens is 287 g/mol. The molecule has 1 aliphatic heterocycles. The zero-order valence-corrected chi connectivity index (χ0v) is 11.0. The maximum absolute atomic E-state index is 13.5. The summed E-state index contributed by atoms with van der Waals surface area (Å²) < 4.78 is 19.6. The van der Waals surface area contributed by atoms with Gasteiger partial charge in [0, 0.05) is 23.4 Å². The monoisotopic (exact) mass is 300 g/mol. The van der Waals surface area contributed by atoms with Crippen LogP contribution in [0.2, 0.25) is 0 Å². The second-order valence-electron chi connectivity index (χ2n) is 4.29. The third-order valence-corrected chi connectivity index (χ3v) is 3.48. The second-order valence-corrected chi connectivity index (χ2v) is 5.21. The molecule has 0 saturated carbocycles. The molecule has 2 rings (SSSR count). The fraction of sp³-hybridized carbons (Fsp3) is 0.462. The smallest absolute Gasteiger partial charge is 0.142 e. The van der Waals surface area contributed by atoms with Crippen molar-refractivity contribution in [1.29, 1.82) is 0 Å². The van der Waals surface area contributed by atoms with Crippen molar-refractivity contribution in [2.24, 2.45) is 5.92 Å². The minimum absolute atomic E-state index is 0.0675. The number of halogens is 2. The quantitative estimate of drug-likeness (QED) is 0.857. The standard InChI is InChI=1S/C13H14BrFO2/c14-11-3-4-12(15)10(6-11)7-13(16)9-2-1-5-17-8-9/h3-4,6,9H,1-2,5,7-8H2. The molecular formula is C13H14BrFO2. The molecule has 1 aromatic rings. The van der Waals surface area contributed by atoms with Crippen LogP contribution in [0.4, 0.5) is 4.39 Å². The summed E-state index contributed by atoms with van der Waals surface area (Å²) in [6.45, 7) is 1.21. The molecule has 1 aromatic carbocycles. The van der Waals surface area contributed by atoms with Crippen LogP contribution in [0.25, 0.3) is 0 Å². The fourth-order valence-corrected chi connectivity index (χ4v) is 2.41. The van der Waals surface area contributed by atoms with Crippen molar-refractivity contribution in [3.63, 3.8) is 0 Å². The van der Waals surface area contributed by atoms with Crippen LogP contribution in [-0.2, 0) is 16.0 Å². The largest absolute Gasteiger partial charge is 0.381 e.